The summed E-state index contributed by atoms with van der Waals surface area (Å²) in [7, 11) is 0. The molecule has 0 spiro atoms. The number of nitrogens with two attached hydrogens (primary N) is 1. The zero-order valence-electron chi connectivity index (χ0n) is 12.4. The topological polar surface area (TPSA) is 105 Å². The molecule has 1 aromatic heterocycles. The number of nitrogens with one attached hydrogen (secondary N) is 2. The molecule has 1 amide bonds. The van der Waals surface area contributed by atoms with E-state index in [1.807, 2.05) is 30.3 Å². The van der Waals surface area contributed by atoms with Gasteiger partial charge < -0.3 is 15.6 Å². The van der Waals surface area contributed by atoms with Crippen molar-refractivity contribution in [2.75, 3.05) is 5.32 Å². The number of aromatic nitrogens is 1. The van der Waals surface area contributed by atoms with E-state index in [0.29, 0.717) is 18.4 Å². The van der Waals surface area contributed by atoms with Crippen molar-refractivity contribution in [1.29, 1.82) is 5.41 Å². The number of fused-ring (bicyclic) bond motifs is 1. The number of amides is 1. The highest BCUT2D eigenvalue weighted by Gasteiger charge is 2.06. The van der Waals surface area contributed by atoms with Crippen molar-refractivity contribution >= 4 is 28.2 Å². The van der Waals surface area contributed by atoms with Crippen LogP contribution in [0.3, 0.4) is 0 Å². The van der Waals surface area contributed by atoms with E-state index in [1.54, 1.807) is 12.3 Å². The summed E-state index contributed by atoms with van der Waals surface area (Å²) in [4.78, 5) is 12.0. The van der Waals surface area contributed by atoms with E-state index in [1.165, 1.54) is 6.26 Å². The summed E-state index contributed by atoms with van der Waals surface area (Å²) in [5.41, 5.74) is 7.81. The van der Waals surface area contributed by atoms with E-state index in [4.69, 9.17) is 15.7 Å². The summed E-state index contributed by atoms with van der Waals surface area (Å²) in [6.07, 6.45) is 4.10. The summed E-state index contributed by atoms with van der Waals surface area (Å²) in [5, 5.41) is 15.9. The van der Waals surface area contributed by atoms with Crippen LogP contribution in [0.1, 0.15) is 17.5 Å². The quantitative estimate of drug-likeness (QED) is 0.497. The molecule has 0 atom stereocenters. The van der Waals surface area contributed by atoms with Gasteiger partial charge in [-0.05, 0) is 35.4 Å². The standard InChI is InChI=1S/C17H16N4O2/c18-17(19)14-3-2-13-8-15(5-4-12(13)7-14)21-16(22)6-1-11-9-20-23-10-11/h2-5,7-10H,1,6H2,(H3,18,19)(H,21,22). The molecule has 116 valence electrons. The first-order valence-corrected chi connectivity index (χ1v) is 7.18. The molecule has 23 heavy (non-hydrogen) atoms. The normalized spacial score (nSPS) is 10.6. The van der Waals surface area contributed by atoms with E-state index < -0.39 is 0 Å². The Morgan fingerprint density at radius 2 is 2.00 bits per heavy atom. The third-order valence-corrected chi connectivity index (χ3v) is 3.56. The van der Waals surface area contributed by atoms with Crippen molar-refractivity contribution < 1.29 is 9.32 Å². The first-order valence-electron chi connectivity index (χ1n) is 7.18. The van der Waals surface area contributed by atoms with Gasteiger partial charge in [0.05, 0.1) is 6.20 Å². The molecule has 0 fully saturated rings. The Balaban J connectivity index is 1.69. The van der Waals surface area contributed by atoms with E-state index in [2.05, 4.69) is 10.5 Å². The molecule has 1 heterocycles. The van der Waals surface area contributed by atoms with E-state index >= 15 is 0 Å². The van der Waals surface area contributed by atoms with Crippen LogP contribution in [0.25, 0.3) is 10.8 Å². The lowest BCUT2D eigenvalue weighted by Gasteiger charge is -2.07. The Kier molecular flexibility index (Phi) is 4.05. The number of amidine groups is 1. The van der Waals surface area contributed by atoms with E-state index in [-0.39, 0.29) is 11.7 Å². The average Bonchev–Trinajstić information content (AvgIpc) is 3.06. The van der Waals surface area contributed by atoms with Crippen molar-refractivity contribution in [1.82, 2.24) is 5.16 Å². The second-order valence-corrected chi connectivity index (χ2v) is 5.27. The number of hydrogen-bond donors (Lipinski definition) is 3. The van der Waals surface area contributed by atoms with Crippen molar-refractivity contribution in [2.24, 2.45) is 5.73 Å². The third kappa shape index (κ3) is 3.55. The summed E-state index contributed by atoms with van der Waals surface area (Å²) in [6, 6.07) is 11.2. The van der Waals surface area contributed by atoms with Gasteiger partial charge in [0, 0.05) is 23.2 Å². The van der Waals surface area contributed by atoms with Crippen LogP contribution in [0.4, 0.5) is 5.69 Å². The predicted octanol–water partition coefficient (Wildman–Crippen LogP) is 2.68. The summed E-state index contributed by atoms with van der Waals surface area (Å²) < 4.78 is 4.73. The van der Waals surface area contributed by atoms with Gasteiger partial charge in [-0.15, -0.1) is 0 Å². The smallest absolute Gasteiger partial charge is 0.224 e. The monoisotopic (exact) mass is 308 g/mol. The Hall–Kier alpha value is -3.15. The van der Waals surface area contributed by atoms with Crippen LogP contribution in [0.2, 0.25) is 0 Å². The lowest BCUT2D eigenvalue weighted by Crippen LogP contribution is -2.12. The lowest BCUT2D eigenvalue weighted by atomic mass is 10.1. The minimum Gasteiger partial charge on any atom is -0.384 e. The Morgan fingerprint density at radius 3 is 2.74 bits per heavy atom. The Labute approximate surface area is 132 Å². The number of carbonyl (C=O) groups is 1. The van der Waals surface area contributed by atoms with Gasteiger partial charge in [-0.25, -0.2) is 0 Å². The number of carbonyl (C=O) groups excluding carboxylic acids is 1. The molecule has 4 N–H and O–H groups in total. The number of benzene rings is 2. The number of nitrogens with zero attached hydrogens (tertiary/aromatic N) is 1. The molecular weight excluding hydrogens is 292 g/mol. The van der Waals surface area contributed by atoms with Crippen LogP contribution in [0.15, 0.2) is 53.4 Å². The highest BCUT2D eigenvalue weighted by molar-refractivity contribution is 6.00. The summed E-state index contributed by atoms with van der Waals surface area (Å²) in [5.74, 6) is -0.0241. The second kappa shape index (κ2) is 6.31. The SMILES string of the molecule is N=C(N)c1ccc2cc(NC(=O)CCc3cnoc3)ccc2c1. The van der Waals surface area contributed by atoms with Crippen LogP contribution < -0.4 is 11.1 Å². The van der Waals surface area contributed by atoms with Crippen LogP contribution >= 0.6 is 0 Å². The van der Waals surface area contributed by atoms with Crippen molar-refractivity contribution in [3.8, 4) is 0 Å². The Bertz CT molecular complexity index is 856. The number of nitrogen functional groups attached to an aromatic ring is 1. The van der Waals surface area contributed by atoms with Gasteiger partial charge in [0.15, 0.2) is 0 Å². The number of anilines is 1. The molecule has 0 unspecified atom stereocenters. The van der Waals surface area contributed by atoms with Gasteiger partial charge >= 0.3 is 0 Å². The maximum Gasteiger partial charge on any atom is 0.224 e. The molecule has 2 aromatic carbocycles. The first-order chi connectivity index (χ1) is 11.1. The fraction of sp³-hybridized carbons (Fsp3) is 0.118. The largest absolute Gasteiger partial charge is 0.384 e. The second-order valence-electron chi connectivity index (χ2n) is 5.27. The predicted molar refractivity (Wildman–Crippen MR) is 88.4 cm³/mol. The number of aryl methyl sites for hydroxylation is 1. The van der Waals surface area contributed by atoms with Gasteiger partial charge in [0.1, 0.15) is 12.1 Å². The van der Waals surface area contributed by atoms with E-state index in [9.17, 15) is 4.79 Å². The molecule has 3 rings (SSSR count). The highest BCUT2D eigenvalue weighted by atomic mass is 16.5. The molecule has 0 bridgehead atoms. The van der Waals surface area contributed by atoms with Crippen LogP contribution in [0.5, 0.6) is 0 Å². The molecule has 0 aliphatic heterocycles. The number of rotatable bonds is 5. The molecule has 0 aliphatic carbocycles. The molecule has 0 saturated heterocycles. The summed E-state index contributed by atoms with van der Waals surface area (Å²) >= 11 is 0. The molecular formula is C17H16N4O2. The van der Waals surface area contributed by atoms with Gasteiger partial charge in [0.25, 0.3) is 0 Å². The van der Waals surface area contributed by atoms with Crippen molar-refractivity contribution in [3.05, 3.63) is 60.0 Å². The molecule has 6 heteroatoms. The van der Waals surface area contributed by atoms with Gasteiger partial charge in [-0.1, -0.05) is 23.4 Å². The minimum absolute atomic E-state index is 0.0398. The zero-order valence-corrected chi connectivity index (χ0v) is 12.4. The van der Waals surface area contributed by atoms with Gasteiger partial charge in [-0.2, -0.15) is 0 Å². The maximum atomic E-state index is 12.0. The molecule has 3 aromatic rings. The average molecular weight is 308 g/mol. The number of hydrogen-bond acceptors (Lipinski definition) is 4. The third-order valence-electron chi connectivity index (χ3n) is 3.56. The van der Waals surface area contributed by atoms with E-state index in [0.717, 1.165) is 22.0 Å². The molecule has 6 nitrogen and oxygen atoms in total. The van der Waals surface area contributed by atoms with Crippen molar-refractivity contribution in [3.63, 3.8) is 0 Å². The van der Waals surface area contributed by atoms with Gasteiger partial charge in [-0.3, -0.25) is 10.2 Å². The fourth-order valence-electron chi connectivity index (χ4n) is 2.32. The van der Waals surface area contributed by atoms with Crippen LogP contribution in [0, 0.1) is 5.41 Å². The minimum atomic E-state index is -0.0640. The molecule has 0 saturated carbocycles. The first kappa shape index (κ1) is 14.8. The highest BCUT2D eigenvalue weighted by Crippen LogP contribution is 2.21. The van der Waals surface area contributed by atoms with Gasteiger partial charge in [0.2, 0.25) is 5.91 Å². The Morgan fingerprint density at radius 1 is 1.22 bits per heavy atom. The molecule has 0 radical (unpaired) electrons. The fourth-order valence-corrected chi connectivity index (χ4v) is 2.32. The maximum absolute atomic E-state index is 12.0. The van der Waals surface area contributed by atoms with Crippen molar-refractivity contribution in [2.45, 2.75) is 12.8 Å². The van der Waals surface area contributed by atoms with Crippen LogP contribution in [-0.2, 0) is 11.2 Å². The lowest BCUT2D eigenvalue weighted by molar-refractivity contribution is -0.116. The zero-order chi connectivity index (χ0) is 16.2. The van der Waals surface area contributed by atoms with Crippen LogP contribution in [-0.4, -0.2) is 16.9 Å². The summed E-state index contributed by atoms with van der Waals surface area (Å²) in [6.45, 7) is 0. The molecule has 0 aliphatic rings.